The summed E-state index contributed by atoms with van der Waals surface area (Å²) in [5.41, 5.74) is 1.63. The van der Waals surface area contributed by atoms with Crippen LogP contribution >= 0.6 is 0 Å². The molecule has 1 heterocycles. The molecule has 6 heteroatoms. The van der Waals surface area contributed by atoms with Gasteiger partial charge in [-0.1, -0.05) is 30.3 Å². The van der Waals surface area contributed by atoms with Gasteiger partial charge in [-0.2, -0.15) is 0 Å². The van der Waals surface area contributed by atoms with Crippen molar-refractivity contribution in [1.82, 2.24) is 9.97 Å². The summed E-state index contributed by atoms with van der Waals surface area (Å²) in [6.45, 7) is 0.680. The van der Waals surface area contributed by atoms with E-state index in [1.54, 1.807) is 0 Å². The summed E-state index contributed by atoms with van der Waals surface area (Å²) in [6, 6.07) is 12.0. The van der Waals surface area contributed by atoms with Crippen molar-refractivity contribution in [2.45, 2.75) is 44.4 Å². The van der Waals surface area contributed by atoms with Crippen molar-refractivity contribution in [3.05, 3.63) is 53.9 Å². The lowest BCUT2D eigenvalue weighted by Crippen LogP contribution is -2.55. The first-order valence-electron chi connectivity index (χ1n) is 8.60. The lowest BCUT2D eigenvalue weighted by Gasteiger charge is -2.57. The first kappa shape index (κ1) is 16.0. The molecule has 130 valence electrons. The number of rotatable bonds is 6. The quantitative estimate of drug-likeness (QED) is 0.841. The number of hydrogen-bond acceptors (Lipinski definition) is 5. The molecule has 1 aromatic carbocycles. The molecule has 2 aliphatic rings. The lowest BCUT2D eigenvalue weighted by atomic mass is 9.53. The van der Waals surface area contributed by atoms with Crippen molar-refractivity contribution in [2.24, 2.45) is 5.41 Å². The molecule has 1 aromatic heterocycles. The van der Waals surface area contributed by atoms with Gasteiger partial charge in [-0.3, -0.25) is 0 Å². The van der Waals surface area contributed by atoms with E-state index in [0.29, 0.717) is 30.1 Å². The van der Waals surface area contributed by atoms with Crippen LogP contribution in [0, 0.1) is 5.41 Å². The first-order chi connectivity index (χ1) is 12.1. The summed E-state index contributed by atoms with van der Waals surface area (Å²) in [5.74, 6) is -0.635. The highest BCUT2D eigenvalue weighted by Gasteiger charge is 2.53. The van der Waals surface area contributed by atoms with E-state index in [2.05, 4.69) is 27.4 Å². The number of carboxylic acid groups (broad SMARTS) is 1. The Morgan fingerprint density at radius 2 is 1.96 bits per heavy atom. The molecule has 2 saturated carbocycles. The highest BCUT2D eigenvalue weighted by molar-refractivity contribution is 5.85. The number of ether oxygens (including phenoxy) is 1. The van der Waals surface area contributed by atoms with Crippen molar-refractivity contribution in [1.29, 1.82) is 0 Å². The van der Waals surface area contributed by atoms with Crippen LogP contribution in [0.4, 0.5) is 5.95 Å². The van der Waals surface area contributed by atoms with Gasteiger partial charge < -0.3 is 15.2 Å². The molecule has 0 radical (unpaired) electrons. The zero-order valence-electron chi connectivity index (χ0n) is 13.9. The highest BCUT2D eigenvalue weighted by Crippen LogP contribution is 2.57. The molecular formula is C19H21N3O3. The van der Waals surface area contributed by atoms with E-state index < -0.39 is 5.97 Å². The summed E-state index contributed by atoms with van der Waals surface area (Å²) in [7, 11) is 0. The number of anilines is 1. The summed E-state index contributed by atoms with van der Waals surface area (Å²) in [5, 5.41) is 12.2. The number of hydrogen-bond donors (Lipinski definition) is 2. The average molecular weight is 339 g/mol. The summed E-state index contributed by atoms with van der Waals surface area (Å²) in [6.07, 6.45) is 6.18. The van der Waals surface area contributed by atoms with E-state index in [4.69, 9.17) is 9.84 Å². The largest absolute Gasteiger partial charge is 0.477 e. The Balaban J connectivity index is 1.21. The van der Waals surface area contributed by atoms with Crippen LogP contribution in [-0.2, 0) is 11.3 Å². The Kier molecular flexibility index (Phi) is 4.13. The molecule has 6 nitrogen and oxygen atoms in total. The second-order valence-corrected chi connectivity index (χ2v) is 7.15. The molecular weight excluding hydrogens is 318 g/mol. The van der Waals surface area contributed by atoms with E-state index in [1.165, 1.54) is 17.8 Å². The van der Waals surface area contributed by atoms with Crippen molar-refractivity contribution < 1.29 is 14.6 Å². The predicted octanol–water partition coefficient (Wildman–Crippen LogP) is 3.11. The maximum absolute atomic E-state index is 10.9. The molecule has 0 atom stereocenters. The van der Waals surface area contributed by atoms with E-state index in [1.807, 2.05) is 18.2 Å². The van der Waals surface area contributed by atoms with E-state index in [0.717, 1.165) is 25.7 Å². The minimum Gasteiger partial charge on any atom is -0.477 e. The zero-order valence-corrected chi connectivity index (χ0v) is 13.9. The van der Waals surface area contributed by atoms with Gasteiger partial charge in [0.05, 0.1) is 12.7 Å². The van der Waals surface area contributed by atoms with Gasteiger partial charge in [0.25, 0.3) is 0 Å². The van der Waals surface area contributed by atoms with Gasteiger partial charge in [0, 0.05) is 12.2 Å². The summed E-state index contributed by atoms with van der Waals surface area (Å²) in [4.78, 5) is 19.1. The van der Waals surface area contributed by atoms with Gasteiger partial charge in [0.2, 0.25) is 5.95 Å². The molecule has 2 fully saturated rings. The Morgan fingerprint density at radius 1 is 1.20 bits per heavy atom. The third kappa shape index (κ3) is 3.49. The highest BCUT2D eigenvalue weighted by atomic mass is 16.5. The van der Waals surface area contributed by atoms with E-state index in [9.17, 15) is 4.79 Å². The van der Waals surface area contributed by atoms with Crippen molar-refractivity contribution in [3.8, 4) is 0 Å². The number of nitrogens with one attached hydrogen (secondary N) is 1. The van der Waals surface area contributed by atoms with Crippen LogP contribution in [0.15, 0.2) is 42.6 Å². The van der Waals surface area contributed by atoms with Gasteiger partial charge in [0.15, 0.2) is 5.69 Å². The van der Waals surface area contributed by atoms with Gasteiger partial charge in [-0.15, -0.1) is 0 Å². The van der Waals surface area contributed by atoms with Crippen molar-refractivity contribution in [2.75, 3.05) is 5.32 Å². The molecule has 25 heavy (non-hydrogen) atoms. The maximum atomic E-state index is 10.9. The monoisotopic (exact) mass is 339 g/mol. The second kappa shape index (κ2) is 6.44. The maximum Gasteiger partial charge on any atom is 0.354 e. The van der Waals surface area contributed by atoms with Crippen LogP contribution in [0.1, 0.15) is 41.7 Å². The van der Waals surface area contributed by atoms with E-state index >= 15 is 0 Å². The van der Waals surface area contributed by atoms with Crippen LogP contribution < -0.4 is 5.32 Å². The van der Waals surface area contributed by atoms with Crippen LogP contribution in [0.2, 0.25) is 0 Å². The fraction of sp³-hybridized carbons (Fsp3) is 0.421. The SMILES string of the molecule is O=C(O)c1ccnc(NC2CC3(C2)CC(OCc2ccccc2)C3)n1. The van der Waals surface area contributed by atoms with Crippen molar-refractivity contribution >= 4 is 11.9 Å². The fourth-order valence-electron chi connectivity index (χ4n) is 3.96. The number of aromatic nitrogens is 2. The average Bonchev–Trinajstić information content (AvgIpc) is 2.56. The summed E-state index contributed by atoms with van der Waals surface area (Å²) >= 11 is 0. The number of carboxylic acids is 1. The standard InChI is InChI=1S/C19H21N3O3/c23-17(24)16-6-7-20-18(22-16)21-14-8-19(9-14)10-15(11-19)25-12-13-4-2-1-3-5-13/h1-7,14-15H,8-12H2,(H,23,24)(H,20,21,22). The lowest BCUT2D eigenvalue weighted by molar-refractivity contribution is -0.126. The molecule has 2 aliphatic carbocycles. The van der Waals surface area contributed by atoms with E-state index in [-0.39, 0.29) is 5.69 Å². The third-order valence-electron chi connectivity index (χ3n) is 5.22. The summed E-state index contributed by atoms with van der Waals surface area (Å²) < 4.78 is 5.98. The molecule has 0 aliphatic heterocycles. The molecule has 0 amide bonds. The first-order valence-corrected chi connectivity index (χ1v) is 8.60. The van der Waals surface area contributed by atoms with Gasteiger partial charge in [-0.05, 0) is 42.7 Å². The fourth-order valence-corrected chi connectivity index (χ4v) is 3.96. The number of aromatic carboxylic acids is 1. The third-order valence-corrected chi connectivity index (χ3v) is 5.22. The normalized spacial score (nSPS) is 27.4. The van der Waals surface area contributed by atoms with Gasteiger partial charge >= 0.3 is 5.97 Å². The molecule has 0 bridgehead atoms. The molecule has 2 N–H and O–H groups in total. The molecule has 0 saturated heterocycles. The minimum atomic E-state index is -1.03. The topological polar surface area (TPSA) is 84.3 Å². The van der Waals surface area contributed by atoms with Crippen LogP contribution in [-0.4, -0.2) is 33.2 Å². The molecule has 2 aromatic rings. The predicted molar refractivity (Wildman–Crippen MR) is 92.3 cm³/mol. The Bertz CT molecular complexity index is 752. The van der Waals surface area contributed by atoms with Gasteiger partial charge in [-0.25, -0.2) is 14.8 Å². The van der Waals surface area contributed by atoms with Crippen LogP contribution in [0.3, 0.4) is 0 Å². The number of carbonyl (C=O) groups is 1. The smallest absolute Gasteiger partial charge is 0.354 e. The Morgan fingerprint density at radius 3 is 2.68 bits per heavy atom. The minimum absolute atomic E-state index is 0.0181. The molecule has 0 unspecified atom stereocenters. The van der Waals surface area contributed by atoms with Crippen LogP contribution in [0.25, 0.3) is 0 Å². The van der Waals surface area contributed by atoms with Gasteiger partial charge in [0.1, 0.15) is 0 Å². The van der Waals surface area contributed by atoms with Crippen LogP contribution in [0.5, 0.6) is 0 Å². The number of benzene rings is 1. The van der Waals surface area contributed by atoms with Crippen molar-refractivity contribution in [3.63, 3.8) is 0 Å². The Labute approximate surface area is 146 Å². The second-order valence-electron chi connectivity index (χ2n) is 7.15. The Hall–Kier alpha value is -2.47. The molecule has 1 spiro atoms. The zero-order chi connectivity index (χ0) is 17.3. The number of nitrogens with zero attached hydrogens (tertiary/aromatic N) is 2. The molecule has 4 rings (SSSR count).